The number of carbonyl (C=O) groups excluding carboxylic acids is 1. The summed E-state index contributed by atoms with van der Waals surface area (Å²) in [7, 11) is 0. The lowest BCUT2D eigenvalue weighted by atomic mass is 9.99. The molecule has 1 aliphatic rings. The van der Waals surface area contributed by atoms with Crippen LogP contribution in [0.3, 0.4) is 0 Å². The number of amides is 1. The van der Waals surface area contributed by atoms with Crippen molar-refractivity contribution in [2.24, 2.45) is 0 Å². The number of benzene rings is 3. The van der Waals surface area contributed by atoms with Crippen molar-refractivity contribution in [3.05, 3.63) is 95.1 Å². The quantitative estimate of drug-likeness (QED) is 0.614. The maximum Gasteiger partial charge on any atom is 0.258 e. The lowest BCUT2D eigenvalue weighted by molar-refractivity contribution is 0.0958. The summed E-state index contributed by atoms with van der Waals surface area (Å²) in [5.74, 6) is 0.408. The molecular formula is C27H30N2O2. The number of rotatable bonds is 5. The fraction of sp³-hybridized carbons (Fsp3) is 0.296. The van der Waals surface area contributed by atoms with Gasteiger partial charge in [-0.05, 0) is 62.6 Å². The number of nitrogens with zero attached hydrogens (tertiary/aromatic N) is 2. The zero-order chi connectivity index (χ0) is 21.8. The Labute approximate surface area is 184 Å². The highest BCUT2D eigenvalue weighted by molar-refractivity contribution is 6.06. The first-order chi connectivity index (χ1) is 15.0. The highest BCUT2D eigenvalue weighted by Crippen LogP contribution is 2.28. The number of hydrogen-bond acceptors (Lipinski definition) is 3. The zero-order valence-corrected chi connectivity index (χ0v) is 18.3. The SMILES string of the molecule is Cc1ccc(C(=O)N(c2cccc(C)c2)C2CCN(Cc3ccccc3O)CC2)cc1. The van der Waals surface area contributed by atoms with Crippen molar-refractivity contribution in [2.45, 2.75) is 39.3 Å². The number of likely N-dealkylation sites (tertiary alicyclic amines) is 1. The van der Waals surface area contributed by atoms with Gasteiger partial charge in [0.15, 0.2) is 0 Å². The molecule has 31 heavy (non-hydrogen) atoms. The van der Waals surface area contributed by atoms with Gasteiger partial charge in [0.05, 0.1) is 0 Å². The smallest absolute Gasteiger partial charge is 0.258 e. The highest BCUT2D eigenvalue weighted by Gasteiger charge is 2.30. The van der Waals surface area contributed by atoms with E-state index in [1.807, 2.05) is 66.4 Å². The normalized spacial score (nSPS) is 15.0. The number of anilines is 1. The molecule has 4 heteroatoms. The van der Waals surface area contributed by atoms with Crippen LogP contribution in [0.25, 0.3) is 0 Å². The number of phenols is 1. The lowest BCUT2D eigenvalue weighted by Crippen LogP contribution is -2.47. The highest BCUT2D eigenvalue weighted by atomic mass is 16.3. The molecule has 0 aromatic heterocycles. The van der Waals surface area contributed by atoms with Crippen LogP contribution in [0.15, 0.2) is 72.8 Å². The third-order valence-electron chi connectivity index (χ3n) is 6.10. The molecule has 1 fully saturated rings. The van der Waals surface area contributed by atoms with Crippen molar-refractivity contribution >= 4 is 11.6 Å². The molecule has 1 aliphatic heterocycles. The van der Waals surface area contributed by atoms with E-state index in [4.69, 9.17) is 0 Å². The first-order valence-corrected chi connectivity index (χ1v) is 11.0. The van der Waals surface area contributed by atoms with Crippen molar-refractivity contribution in [3.63, 3.8) is 0 Å². The molecule has 3 aromatic carbocycles. The second kappa shape index (κ2) is 9.36. The van der Waals surface area contributed by atoms with E-state index in [9.17, 15) is 9.90 Å². The minimum absolute atomic E-state index is 0.0600. The van der Waals surface area contributed by atoms with Gasteiger partial charge < -0.3 is 10.0 Å². The predicted molar refractivity (Wildman–Crippen MR) is 126 cm³/mol. The average Bonchev–Trinajstić information content (AvgIpc) is 2.77. The largest absolute Gasteiger partial charge is 0.508 e. The molecule has 160 valence electrons. The van der Waals surface area contributed by atoms with Crippen LogP contribution in [0.2, 0.25) is 0 Å². The molecule has 1 saturated heterocycles. The number of para-hydroxylation sites is 1. The predicted octanol–water partition coefficient (Wildman–Crippen LogP) is 5.32. The van der Waals surface area contributed by atoms with Crippen molar-refractivity contribution in [2.75, 3.05) is 18.0 Å². The van der Waals surface area contributed by atoms with Crippen LogP contribution >= 0.6 is 0 Å². The molecule has 0 spiro atoms. The van der Waals surface area contributed by atoms with Crippen LogP contribution in [0.4, 0.5) is 5.69 Å². The van der Waals surface area contributed by atoms with Gasteiger partial charge in [0.2, 0.25) is 0 Å². The van der Waals surface area contributed by atoms with E-state index >= 15 is 0 Å². The second-order valence-electron chi connectivity index (χ2n) is 8.52. The van der Waals surface area contributed by atoms with Crippen molar-refractivity contribution in [1.29, 1.82) is 0 Å². The number of hydrogen-bond donors (Lipinski definition) is 1. The fourth-order valence-electron chi connectivity index (χ4n) is 4.33. The molecule has 3 aromatic rings. The van der Waals surface area contributed by atoms with Crippen molar-refractivity contribution in [1.82, 2.24) is 4.90 Å². The van der Waals surface area contributed by atoms with Gasteiger partial charge in [-0.2, -0.15) is 0 Å². The standard InChI is InChI=1S/C27H30N2O2/c1-20-10-12-22(13-11-20)27(31)29(25-8-5-6-21(2)18-25)24-14-16-28(17-15-24)19-23-7-3-4-9-26(23)30/h3-13,18,24,30H,14-17,19H2,1-2H3. The Bertz CT molecular complexity index is 1040. The Morgan fingerprint density at radius 2 is 1.65 bits per heavy atom. The third kappa shape index (κ3) is 4.97. The number of piperidine rings is 1. The number of aromatic hydroxyl groups is 1. The first kappa shape index (κ1) is 21.1. The Kier molecular flexibility index (Phi) is 6.38. The summed E-state index contributed by atoms with van der Waals surface area (Å²) in [4.78, 5) is 17.9. The Balaban J connectivity index is 1.53. The number of aryl methyl sites for hydroxylation is 2. The van der Waals surface area contributed by atoms with Gasteiger partial charge in [-0.25, -0.2) is 0 Å². The van der Waals surface area contributed by atoms with Crippen LogP contribution < -0.4 is 4.90 Å². The molecule has 4 rings (SSSR count). The maximum absolute atomic E-state index is 13.6. The average molecular weight is 415 g/mol. The van der Waals surface area contributed by atoms with E-state index in [-0.39, 0.29) is 11.9 Å². The van der Waals surface area contributed by atoms with Crippen molar-refractivity contribution in [3.8, 4) is 5.75 Å². The minimum atomic E-state index is 0.0600. The van der Waals surface area contributed by atoms with E-state index in [0.29, 0.717) is 5.75 Å². The van der Waals surface area contributed by atoms with Crippen LogP contribution in [0.1, 0.15) is 39.9 Å². The van der Waals surface area contributed by atoms with Crippen LogP contribution in [0, 0.1) is 13.8 Å². The number of carbonyl (C=O) groups is 1. The molecular weight excluding hydrogens is 384 g/mol. The third-order valence-corrected chi connectivity index (χ3v) is 6.10. The lowest BCUT2D eigenvalue weighted by Gasteiger charge is -2.39. The minimum Gasteiger partial charge on any atom is -0.508 e. The summed E-state index contributed by atoms with van der Waals surface area (Å²) in [6, 6.07) is 23.7. The monoisotopic (exact) mass is 414 g/mol. The topological polar surface area (TPSA) is 43.8 Å². The van der Waals surface area contributed by atoms with Gasteiger partial charge in [-0.3, -0.25) is 9.69 Å². The Hall–Kier alpha value is -3.11. The van der Waals surface area contributed by atoms with Crippen LogP contribution in [0.5, 0.6) is 5.75 Å². The number of phenolic OH excluding ortho intramolecular Hbond substituents is 1. The Morgan fingerprint density at radius 3 is 2.32 bits per heavy atom. The summed E-state index contributed by atoms with van der Waals surface area (Å²) in [6.45, 7) is 6.61. The summed E-state index contributed by atoms with van der Waals surface area (Å²) in [5.41, 5.74) is 4.94. The molecule has 1 N–H and O–H groups in total. The van der Waals surface area contributed by atoms with Gasteiger partial charge in [-0.15, -0.1) is 0 Å². The first-order valence-electron chi connectivity index (χ1n) is 11.0. The summed E-state index contributed by atoms with van der Waals surface area (Å²) in [6.07, 6.45) is 1.80. The molecule has 0 aliphatic carbocycles. The van der Waals surface area contributed by atoms with Gasteiger partial charge in [-0.1, -0.05) is 48.0 Å². The van der Waals surface area contributed by atoms with Gasteiger partial charge >= 0.3 is 0 Å². The van der Waals surface area contributed by atoms with E-state index in [1.165, 1.54) is 0 Å². The van der Waals surface area contributed by atoms with E-state index in [2.05, 4.69) is 24.0 Å². The molecule has 1 heterocycles. The molecule has 0 saturated carbocycles. The Morgan fingerprint density at radius 1 is 0.935 bits per heavy atom. The molecule has 4 nitrogen and oxygen atoms in total. The summed E-state index contributed by atoms with van der Waals surface area (Å²) >= 11 is 0. The zero-order valence-electron chi connectivity index (χ0n) is 18.3. The molecule has 1 amide bonds. The van der Waals surface area contributed by atoms with E-state index in [1.54, 1.807) is 6.07 Å². The van der Waals surface area contributed by atoms with Crippen LogP contribution in [-0.4, -0.2) is 35.0 Å². The molecule has 0 atom stereocenters. The van der Waals surface area contributed by atoms with Crippen molar-refractivity contribution < 1.29 is 9.90 Å². The summed E-state index contributed by atoms with van der Waals surface area (Å²) < 4.78 is 0. The molecule has 0 radical (unpaired) electrons. The molecule has 0 unspecified atom stereocenters. The molecule has 0 bridgehead atoms. The maximum atomic E-state index is 13.6. The fourth-order valence-corrected chi connectivity index (χ4v) is 4.33. The van der Waals surface area contributed by atoms with E-state index in [0.717, 1.165) is 60.4 Å². The second-order valence-corrected chi connectivity index (χ2v) is 8.52. The summed E-state index contributed by atoms with van der Waals surface area (Å²) in [5, 5.41) is 10.1. The van der Waals surface area contributed by atoms with E-state index < -0.39 is 0 Å². The van der Waals surface area contributed by atoms with Gasteiger partial charge in [0, 0.05) is 42.5 Å². The van der Waals surface area contributed by atoms with Gasteiger partial charge in [0.25, 0.3) is 5.91 Å². The van der Waals surface area contributed by atoms with Gasteiger partial charge in [0.1, 0.15) is 5.75 Å². The van der Waals surface area contributed by atoms with Crippen LogP contribution in [-0.2, 0) is 6.54 Å².